The molecular weight excluding hydrogens is 246 g/mol. The molecule has 2 N–H and O–H groups in total. The molecule has 0 spiro atoms. The predicted molar refractivity (Wildman–Crippen MR) is 60.8 cm³/mol. The fourth-order valence-electron chi connectivity index (χ4n) is 1.22. The molecule has 0 aliphatic rings. The molecule has 0 bridgehead atoms. The number of nitrogens with zero attached hydrogens (tertiary/aromatic N) is 4. The molecule has 8 nitrogen and oxygen atoms in total. The molecule has 2 aromatic rings. The maximum absolute atomic E-state index is 11.4. The van der Waals surface area contributed by atoms with Crippen molar-refractivity contribution < 1.29 is 4.92 Å². The van der Waals surface area contributed by atoms with Gasteiger partial charge < -0.3 is 5.73 Å². The molecule has 17 heavy (non-hydrogen) atoms. The first-order chi connectivity index (χ1) is 8.06. The highest BCUT2D eigenvalue weighted by atomic mass is 32.1. The van der Waals surface area contributed by atoms with Gasteiger partial charge in [-0.1, -0.05) is 0 Å². The standard InChI is InChI=1S/C8H7N5O3S/c9-7-11-5(4-17-7)2-12-3-6(13(15)16)1-10-8(12)14/h1,3-4H,2H2,(H2,9,11). The highest BCUT2D eigenvalue weighted by Crippen LogP contribution is 2.12. The second-order valence-electron chi connectivity index (χ2n) is 3.16. The van der Waals surface area contributed by atoms with E-state index in [-0.39, 0.29) is 12.2 Å². The average molecular weight is 253 g/mol. The number of anilines is 1. The van der Waals surface area contributed by atoms with E-state index in [0.29, 0.717) is 10.8 Å². The number of nitrogen functional groups attached to an aromatic ring is 1. The quantitative estimate of drug-likeness (QED) is 0.618. The lowest BCUT2D eigenvalue weighted by Gasteiger charge is -2.01. The van der Waals surface area contributed by atoms with E-state index in [1.165, 1.54) is 11.3 Å². The van der Waals surface area contributed by atoms with Gasteiger partial charge in [-0.2, -0.15) is 4.98 Å². The van der Waals surface area contributed by atoms with Gasteiger partial charge in [0.15, 0.2) is 5.13 Å². The number of nitro groups is 1. The largest absolute Gasteiger partial charge is 0.375 e. The van der Waals surface area contributed by atoms with E-state index in [1.807, 2.05) is 0 Å². The van der Waals surface area contributed by atoms with Crippen molar-refractivity contribution in [2.24, 2.45) is 0 Å². The van der Waals surface area contributed by atoms with Crippen molar-refractivity contribution in [3.8, 4) is 0 Å². The Labute approximate surface area is 98.5 Å². The molecule has 0 unspecified atom stereocenters. The summed E-state index contributed by atoms with van der Waals surface area (Å²) >= 11 is 1.24. The molecule has 0 saturated heterocycles. The summed E-state index contributed by atoms with van der Waals surface area (Å²) in [5.74, 6) is 0. The van der Waals surface area contributed by atoms with Gasteiger partial charge in [0.1, 0.15) is 6.20 Å². The summed E-state index contributed by atoms with van der Waals surface area (Å²) < 4.78 is 1.12. The van der Waals surface area contributed by atoms with E-state index in [0.717, 1.165) is 17.0 Å². The number of hydrogen-bond donors (Lipinski definition) is 1. The van der Waals surface area contributed by atoms with E-state index >= 15 is 0 Å². The van der Waals surface area contributed by atoms with Gasteiger partial charge in [0.05, 0.1) is 23.4 Å². The summed E-state index contributed by atoms with van der Waals surface area (Å²) in [6.07, 6.45) is 2.05. The van der Waals surface area contributed by atoms with Crippen molar-refractivity contribution in [1.29, 1.82) is 0 Å². The van der Waals surface area contributed by atoms with Gasteiger partial charge >= 0.3 is 11.4 Å². The number of hydrogen-bond acceptors (Lipinski definition) is 7. The van der Waals surface area contributed by atoms with Crippen LogP contribution < -0.4 is 11.4 Å². The first-order valence-electron chi connectivity index (χ1n) is 4.47. The lowest BCUT2D eigenvalue weighted by atomic mass is 10.4. The van der Waals surface area contributed by atoms with Crippen LogP contribution in [-0.4, -0.2) is 19.5 Å². The van der Waals surface area contributed by atoms with Gasteiger partial charge in [-0.25, -0.2) is 9.78 Å². The Balaban J connectivity index is 2.35. The molecule has 2 rings (SSSR count). The fraction of sp³-hybridized carbons (Fsp3) is 0.125. The van der Waals surface area contributed by atoms with E-state index in [9.17, 15) is 14.9 Å². The Morgan fingerprint density at radius 1 is 1.59 bits per heavy atom. The molecule has 0 aliphatic carbocycles. The van der Waals surface area contributed by atoms with E-state index in [4.69, 9.17) is 5.73 Å². The summed E-state index contributed by atoms with van der Waals surface area (Å²) in [5, 5.41) is 12.6. The summed E-state index contributed by atoms with van der Waals surface area (Å²) in [6.45, 7) is 0.112. The third-order valence-corrected chi connectivity index (χ3v) is 2.68. The Morgan fingerprint density at radius 2 is 2.35 bits per heavy atom. The summed E-state index contributed by atoms with van der Waals surface area (Å²) in [4.78, 5) is 28.7. The number of rotatable bonds is 3. The van der Waals surface area contributed by atoms with Crippen molar-refractivity contribution >= 4 is 22.2 Å². The lowest BCUT2D eigenvalue weighted by Crippen LogP contribution is -2.23. The van der Waals surface area contributed by atoms with Gasteiger partial charge in [-0.3, -0.25) is 14.7 Å². The molecule has 0 saturated carbocycles. The van der Waals surface area contributed by atoms with Crippen LogP contribution in [0.25, 0.3) is 0 Å². The maximum atomic E-state index is 11.4. The summed E-state index contributed by atoms with van der Waals surface area (Å²) in [5.41, 5.74) is 5.20. The van der Waals surface area contributed by atoms with Gasteiger partial charge in [-0.05, 0) is 0 Å². The van der Waals surface area contributed by atoms with Crippen LogP contribution in [0.2, 0.25) is 0 Å². The maximum Gasteiger partial charge on any atom is 0.348 e. The fourth-order valence-corrected chi connectivity index (χ4v) is 1.78. The molecule has 0 aliphatic heterocycles. The number of aromatic nitrogens is 3. The zero-order chi connectivity index (χ0) is 12.4. The molecule has 0 fully saturated rings. The summed E-state index contributed by atoms with van der Waals surface area (Å²) in [7, 11) is 0. The normalized spacial score (nSPS) is 10.4. The molecular formula is C8H7N5O3S. The molecule has 0 atom stereocenters. The van der Waals surface area contributed by atoms with Crippen LogP contribution >= 0.6 is 11.3 Å². The molecule has 2 heterocycles. The van der Waals surface area contributed by atoms with Crippen molar-refractivity contribution in [3.63, 3.8) is 0 Å². The Hall–Kier alpha value is -2.29. The van der Waals surface area contributed by atoms with Gasteiger partial charge in [0.25, 0.3) is 0 Å². The van der Waals surface area contributed by atoms with Crippen molar-refractivity contribution in [2.75, 3.05) is 5.73 Å². The molecule has 0 amide bonds. The Bertz CT molecular complexity index is 620. The van der Waals surface area contributed by atoms with E-state index in [2.05, 4.69) is 9.97 Å². The van der Waals surface area contributed by atoms with Gasteiger partial charge in [0, 0.05) is 5.38 Å². The van der Waals surface area contributed by atoms with Crippen LogP contribution in [0.15, 0.2) is 22.6 Å². The van der Waals surface area contributed by atoms with Crippen LogP contribution in [-0.2, 0) is 6.54 Å². The Morgan fingerprint density at radius 3 is 2.94 bits per heavy atom. The number of nitrogens with two attached hydrogens (primary N) is 1. The highest BCUT2D eigenvalue weighted by molar-refractivity contribution is 7.13. The second-order valence-corrected chi connectivity index (χ2v) is 4.05. The minimum absolute atomic E-state index is 0.112. The first kappa shape index (κ1) is 11.2. The van der Waals surface area contributed by atoms with Crippen molar-refractivity contribution in [2.45, 2.75) is 6.54 Å². The van der Waals surface area contributed by atoms with Crippen LogP contribution in [0.4, 0.5) is 10.8 Å². The van der Waals surface area contributed by atoms with Crippen LogP contribution in [0.3, 0.4) is 0 Å². The van der Waals surface area contributed by atoms with Crippen LogP contribution in [0.1, 0.15) is 5.69 Å². The topological polar surface area (TPSA) is 117 Å². The van der Waals surface area contributed by atoms with Gasteiger partial charge in [-0.15, -0.1) is 11.3 Å². The first-order valence-corrected chi connectivity index (χ1v) is 5.35. The zero-order valence-corrected chi connectivity index (χ0v) is 9.25. The SMILES string of the molecule is Nc1nc(Cn2cc([N+](=O)[O-])cnc2=O)cs1. The minimum Gasteiger partial charge on any atom is -0.375 e. The molecule has 88 valence electrons. The van der Waals surface area contributed by atoms with Crippen LogP contribution in [0.5, 0.6) is 0 Å². The van der Waals surface area contributed by atoms with E-state index < -0.39 is 10.6 Å². The second kappa shape index (κ2) is 4.29. The molecule has 0 aromatic carbocycles. The van der Waals surface area contributed by atoms with Crippen LogP contribution in [0, 0.1) is 10.1 Å². The van der Waals surface area contributed by atoms with Crippen molar-refractivity contribution in [3.05, 3.63) is 44.1 Å². The third kappa shape index (κ3) is 2.45. The summed E-state index contributed by atoms with van der Waals surface area (Å²) in [6, 6.07) is 0. The smallest absolute Gasteiger partial charge is 0.348 e. The Kier molecular flexibility index (Phi) is 2.83. The molecule has 9 heteroatoms. The number of thiazole rings is 1. The minimum atomic E-state index is -0.613. The van der Waals surface area contributed by atoms with Gasteiger partial charge in [0.2, 0.25) is 0 Å². The molecule has 2 aromatic heterocycles. The predicted octanol–water partition coefficient (Wildman–Crippen LogP) is 0.238. The monoisotopic (exact) mass is 253 g/mol. The van der Waals surface area contributed by atoms with E-state index in [1.54, 1.807) is 5.38 Å². The third-order valence-electron chi connectivity index (χ3n) is 1.95. The highest BCUT2D eigenvalue weighted by Gasteiger charge is 2.10. The lowest BCUT2D eigenvalue weighted by molar-refractivity contribution is -0.385. The van der Waals surface area contributed by atoms with Crippen molar-refractivity contribution in [1.82, 2.24) is 14.5 Å². The molecule has 0 radical (unpaired) electrons. The zero-order valence-electron chi connectivity index (χ0n) is 8.44. The average Bonchev–Trinajstić information content (AvgIpc) is 2.67.